The van der Waals surface area contributed by atoms with Gasteiger partial charge in [0.1, 0.15) is 6.33 Å². The number of H-pyrrole nitrogens is 1. The van der Waals surface area contributed by atoms with Gasteiger partial charge in [0, 0.05) is 13.2 Å². The molecule has 2 aromatic rings. The molecule has 0 aliphatic carbocycles. The van der Waals surface area contributed by atoms with E-state index in [1.165, 1.54) is 0 Å². The zero-order chi connectivity index (χ0) is 10.8. The first-order chi connectivity index (χ1) is 7.22. The van der Waals surface area contributed by atoms with Gasteiger partial charge >= 0.3 is 0 Å². The third-order valence-electron chi connectivity index (χ3n) is 2.22. The molecule has 0 spiro atoms. The maximum atomic E-state index is 9.10. The van der Waals surface area contributed by atoms with E-state index in [0.29, 0.717) is 11.3 Å². The largest absolute Gasteiger partial charge is 0.390 e. The van der Waals surface area contributed by atoms with E-state index in [0.717, 1.165) is 11.5 Å². The minimum Gasteiger partial charge on any atom is -0.390 e. The van der Waals surface area contributed by atoms with Gasteiger partial charge < -0.3 is 19.2 Å². The van der Waals surface area contributed by atoms with Gasteiger partial charge in [-0.15, -0.1) is 10.2 Å². The van der Waals surface area contributed by atoms with Crippen molar-refractivity contribution in [1.29, 1.82) is 0 Å². The Balaban J connectivity index is 2.35. The third-order valence-corrected chi connectivity index (χ3v) is 2.56. The van der Waals surface area contributed by atoms with Crippen LogP contribution in [0.4, 0.5) is 0 Å². The van der Waals surface area contributed by atoms with E-state index >= 15 is 0 Å². The van der Waals surface area contributed by atoms with Gasteiger partial charge in [-0.1, -0.05) is 0 Å². The zero-order valence-corrected chi connectivity index (χ0v) is 9.03. The van der Waals surface area contributed by atoms with Gasteiger partial charge in [-0.05, 0) is 12.2 Å². The Kier molecular flexibility index (Phi) is 2.65. The Morgan fingerprint density at radius 1 is 1.60 bits per heavy atom. The van der Waals surface area contributed by atoms with Crippen LogP contribution in [-0.4, -0.2) is 29.4 Å². The summed E-state index contributed by atoms with van der Waals surface area (Å²) in [6.07, 6.45) is 3.32. The highest BCUT2D eigenvalue weighted by Gasteiger charge is 2.07. The second-order valence-corrected chi connectivity index (χ2v) is 3.57. The first-order valence-electron chi connectivity index (χ1n) is 4.43. The molecule has 0 fully saturated rings. The molecule has 2 heterocycles. The summed E-state index contributed by atoms with van der Waals surface area (Å²) in [4.78, 5) is 2.88. The van der Waals surface area contributed by atoms with Crippen molar-refractivity contribution in [3.05, 3.63) is 28.8 Å². The minimum atomic E-state index is -0.0506. The zero-order valence-electron chi connectivity index (χ0n) is 8.21. The molecule has 0 atom stereocenters. The summed E-state index contributed by atoms with van der Waals surface area (Å²) < 4.78 is 4.18. The van der Waals surface area contributed by atoms with Crippen molar-refractivity contribution in [2.24, 2.45) is 7.05 Å². The number of aliphatic hydroxyl groups excluding tert-OH is 1. The lowest BCUT2D eigenvalue weighted by Gasteiger charge is -2.05. The maximum Gasteiger partial charge on any atom is 0.177 e. The number of aliphatic hydroxyl groups is 1. The van der Waals surface area contributed by atoms with Crippen LogP contribution < -0.4 is 0 Å². The summed E-state index contributed by atoms with van der Waals surface area (Å²) in [6.45, 7) is 0.458. The molecule has 0 unspecified atom stereocenters. The summed E-state index contributed by atoms with van der Waals surface area (Å²) in [5, 5.41) is 16.8. The fourth-order valence-corrected chi connectivity index (χ4v) is 1.57. The van der Waals surface area contributed by atoms with Crippen LogP contribution in [0.3, 0.4) is 0 Å². The van der Waals surface area contributed by atoms with Gasteiger partial charge in [0.2, 0.25) is 0 Å². The number of hydrogen-bond acceptors (Lipinski definition) is 4. The lowest BCUT2D eigenvalue weighted by Crippen LogP contribution is -2.08. The van der Waals surface area contributed by atoms with Crippen molar-refractivity contribution in [2.45, 2.75) is 13.2 Å². The second kappa shape index (κ2) is 3.95. The fourth-order valence-electron chi connectivity index (χ4n) is 1.33. The SMILES string of the molecule is Cn1cnnc1Cn1c(CO)c[nH]c1=S. The predicted octanol–water partition coefficient (Wildman–Crippen LogP) is 0.215. The van der Waals surface area contributed by atoms with Gasteiger partial charge in [0.05, 0.1) is 18.8 Å². The first kappa shape index (κ1) is 10.1. The van der Waals surface area contributed by atoms with Crippen LogP contribution in [0.5, 0.6) is 0 Å². The highest BCUT2D eigenvalue weighted by atomic mass is 32.1. The Morgan fingerprint density at radius 3 is 3.00 bits per heavy atom. The van der Waals surface area contributed by atoms with Crippen LogP contribution in [0.2, 0.25) is 0 Å². The van der Waals surface area contributed by atoms with Crippen LogP contribution in [0.1, 0.15) is 11.5 Å². The van der Waals surface area contributed by atoms with Crippen molar-refractivity contribution in [2.75, 3.05) is 0 Å². The number of hydrogen-bond donors (Lipinski definition) is 2. The van der Waals surface area contributed by atoms with Crippen molar-refractivity contribution >= 4 is 12.2 Å². The number of aromatic nitrogens is 5. The molecule has 0 amide bonds. The topological polar surface area (TPSA) is 71.7 Å². The molecule has 15 heavy (non-hydrogen) atoms. The molecule has 2 N–H and O–H groups in total. The van der Waals surface area contributed by atoms with E-state index in [1.54, 1.807) is 17.1 Å². The monoisotopic (exact) mass is 225 g/mol. The lowest BCUT2D eigenvalue weighted by molar-refractivity contribution is 0.271. The average Bonchev–Trinajstić information content (AvgIpc) is 2.77. The highest BCUT2D eigenvalue weighted by molar-refractivity contribution is 7.71. The van der Waals surface area contributed by atoms with Crippen LogP contribution in [0.25, 0.3) is 0 Å². The Bertz CT molecular complexity index is 511. The molecule has 0 bridgehead atoms. The van der Waals surface area contributed by atoms with Gasteiger partial charge in [-0.3, -0.25) is 0 Å². The molecular weight excluding hydrogens is 214 g/mol. The predicted molar refractivity (Wildman–Crippen MR) is 55.6 cm³/mol. The van der Waals surface area contributed by atoms with Crippen molar-refractivity contribution in [3.8, 4) is 0 Å². The number of aromatic amines is 1. The quantitative estimate of drug-likeness (QED) is 0.733. The number of nitrogens with one attached hydrogen (secondary N) is 1. The first-order valence-corrected chi connectivity index (χ1v) is 4.84. The molecule has 0 saturated carbocycles. The summed E-state index contributed by atoms with van der Waals surface area (Å²) in [7, 11) is 1.87. The van der Waals surface area contributed by atoms with E-state index in [9.17, 15) is 0 Å². The second-order valence-electron chi connectivity index (χ2n) is 3.19. The van der Waals surface area contributed by atoms with E-state index in [2.05, 4.69) is 15.2 Å². The molecule has 0 aliphatic heterocycles. The Morgan fingerprint density at radius 2 is 2.40 bits per heavy atom. The van der Waals surface area contributed by atoms with Gasteiger partial charge in [-0.25, -0.2) is 0 Å². The number of rotatable bonds is 3. The smallest absolute Gasteiger partial charge is 0.177 e. The van der Waals surface area contributed by atoms with Crippen LogP contribution >= 0.6 is 12.2 Å². The third kappa shape index (κ3) is 1.83. The molecule has 80 valence electrons. The molecule has 7 heteroatoms. The van der Waals surface area contributed by atoms with Gasteiger partial charge in [0.25, 0.3) is 0 Å². The number of nitrogens with zero attached hydrogens (tertiary/aromatic N) is 4. The summed E-state index contributed by atoms with van der Waals surface area (Å²) in [5.41, 5.74) is 0.739. The van der Waals surface area contributed by atoms with Gasteiger partial charge in [0.15, 0.2) is 10.6 Å². The average molecular weight is 225 g/mol. The van der Waals surface area contributed by atoms with Crippen LogP contribution in [0, 0.1) is 4.77 Å². The molecule has 0 aliphatic rings. The molecule has 2 rings (SSSR count). The standard InChI is InChI=1S/C8H11N5OS/c1-12-5-10-11-7(12)3-13-6(4-14)2-9-8(13)15/h2,5,14H,3-4H2,1H3,(H,9,15). The molecule has 0 saturated heterocycles. The maximum absolute atomic E-state index is 9.10. The number of aryl methyl sites for hydroxylation is 1. The number of imidazole rings is 1. The van der Waals surface area contributed by atoms with Crippen molar-refractivity contribution < 1.29 is 5.11 Å². The summed E-state index contributed by atoms with van der Waals surface area (Å²) >= 11 is 5.09. The van der Waals surface area contributed by atoms with E-state index in [1.807, 2.05) is 11.6 Å². The lowest BCUT2D eigenvalue weighted by atomic mass is 10.4. The minimum absolute atomic E-state index is 0.0506. The normalized spacial score (nSPS) is 10.8. The fraction of sp³-hybridized carbons (Fsp3) is 0.375. The molecule has 0 radical (unpaired) electrons. The molecule has 0 aromatic carbocycles. The van der Waals surface area contributed by atoms with Crippen molar-refractivity contribution in [3.63, 3.8) is 0 Å². The van der Waals surface area contributed by atoms with E-state index in [4.69, 9.17) is 17.3 Å². The van der Waals surface area contributed by atoms with E-state index in [-0.39, 0.29) is 6.61 Å². The van der Waals surface area contributed by atoms with Crippen molar-refractivity contribution in [1.82, 2.24) is 24.3 Å². The Labute approximate surface area is 91.2 Å². The molecular formula is C8H11N5OS. The summed E-state index contributed by atoms with van der Waals surface area (Å²) in [5.74, 6) is 0.792. The van der Waals surface area contributed by atoms with E-state index < -0.39 is 0 Å². The Hall–Kier alpha value is -1.47. The van der Waals surface area contributed by atoms with Crippen LogP contribution in [0.15, 0.2) is 12.5 Å². The molecule has 2 aromatic heterocycles. The highest BCUT2D eigenvalue weighted by Crippen LogP contribution is 2.05. The summed E-state index contributed by atoms with van der Waals surface area (Å²) in [6, 6.07) is 0. The van der Waals surface area contributed by atoms with Crippen LogP contribution in [-0.2, 0) is 20.2 Å². The van der Waals surface area contributed by atoms with Gasteiger partial charge in [-0.2, -0.15) is 0 Å². The molecule has 6 nitrogen and oxygen atoms in total.